The van der Waals surface area contributed by atoms with Gasteiger partial charge in [-0.3, -0.25) is 0 Å². The fraction of sp³-hybridized carbons (Fsp3) is 0.500. The molecule has 1 unspecified atom stereocenters. The van der Waals surface area contributed by atoms with E-state index < -0.39 is 0 Å². The fourth-order valence-electron chi connectivity index (χ4n) is 1.50. The van der Waals surface area contributed by atoms with Crippen LogP contribution in [0.3, 0.4) is 0 Å². The molecule has 1 N–H and O–H groups in total. The summed E-state index contributed by atoms with van der Waals surface area (Å²) >= 11 is 12.1. The van der Waals surface area contributed by atoms with Crippen LogP contribution in [0.4, 0.5) is 0 Å². The lowest BCUT2D eigenvalue weighted by atomic mass is 10.1. The smallest absolute Gasteiger partial charge is 0.0624 e. The highest BCUT2D eigenvalue weighted by atomic mass is 35.5. The first-order valence-corrected chi connectivity index (χ1v) is 6.07. The molecular formula is C12H17Cl2N. The second-order valence-corrected chi connectivity index (χ2v) is 4.56. The van der Waals surface area contributed by atoms with Crippen molar-refractivity contribution in [2.75, 3.05) is 6.54 Å². The van der Waals surface area contributed by atoms with Crippen LogP contribution in [0.5, 0.6) is 0 Å². The SMILES string of the molecule is CCCNC(C)Cc1cccc(Cl)c1Cl. The van der Waals surface area contributed by atoms with Crippen molar-refractivity contribution in [1.29, 1.82) is 0 Å². The molecule has 0 spiro atoms. The van der Waals surface area contributed by atoms with Crippen molar-refractivity contribution in [1.82, 2.24) is 5.32 Å². The number of rotatable bonds is 5. The number of hydrogen-bond acceptors (Lipinski definition) is 1. The van der Waals surface area contributed by atoms with E-state index in [9.17, 15) is 0 Å². The Morgan fingerprint density at radius 1 is 1.33 bits per heavy atom. The Hall–Kier alpha value is -0.240. The summed E-state index contributed by atoms with van der Waals surface area (Å²) in [5.74, 6) is 0. The van der Waals surface area contributed by atoms with Gasteiger partial charge in [-0.05, 0) is 37.9 Å². The minimum absolute atomic E-state index is 0.431. The van der Waals surface area contributed by atoms with Gasteiger partial charge in [-0.15, -0.1) is 0 Å². The minimum Gasteiger partial charge on any atom is -0.314 e. The predicted molar refractivity (Wildman–Crippen MR) is 67.9 cm³/mol. The van der Waals surface area contributed by atoms with E-state index in [1.165, 1.54) is 0 Å². The van der Waals surface area contributed by atoms with Crippen LogP contribution in [0.25, 0.3) is 0 Å². The van der Waals surface area contributed by atoms with Crippen molar-refractivity contribution in [2.45, 2.75) is 32.7 Å². The van der Waals surface area contributed by atoms with Crippen molar-refractivity contribution in [2.24, 2.45) is 0 Å². The summed E-state index contributed by atoms with van der Waals surface area (Å²) in [4.78, 5) is 0. The van der Waals surface area contributed by atoms with E-state index in [0.29, 0.717) is 16.1 Å². The van der Waals surface area contributed by atoms with Crippen molar-refractivity contribution >= 4 is 23.2 Å². The highest BCUT2D eigenvalue weighted by Crippen LogP contribution is 2.26. The average molecular weight is 246 g/mol. The van der Waals surface area contributed by atoms with Crippen molar-refractivity contribution < 1.29 is 0 Å². The lowest BCUT2D eigenvalue weighted by Crippen LogP contribution is -2.28. The third-order valence-corrected chi connectivity index (χ3v) is 3.16. The maximum atomic E-state index is 6.11. The first-order chi connectivity index (χ1) is 7.15. The predicted octanol–water partition coefficient (Wildman–Crippen LogP) is 3.92. The molecule has 0 fully saturated rings. The summed E-state index contributed by atoms with van der Waals surface area (Å²) in [5, 5.41) is 4.75. The maximum Gasteiger partial charge on any atom is 0.0624 e. The van der Waals surface area contributed by atoms with Crippen LogP contribution < -0.4 is 5.32 Å². The summed E-state index contributed by atoms with van der Waals surface area (Å²) in [6.45, 7) is 5.36. The lowest BCUT2D eigenvalue weighted by Gasteiger charge is -2.14. The molecule has 1 nitrogen and oxygen atoms in total. The van der Waals surface area contributed by atoms with Crippen LogP contribution in [0.1, 0.15) is 25.8 Å². The van der Waals surface area contributed by atoms with Gasteiger partial charge >= 0.3 is 0 Å². The normalized spacial score (nSPS) is 12.8. The Balaban J connectivity index is 2.60. The fourth-order valence-corrected chi connectivity index (χ4v) is 1.90. The third-order valence-electron chi connectivity index (χ3n) is 2.30. The van der Waals surface area contributed by atoms with E-state index in [2.05, 4.69) is 19.2 Å². The summed E-state index contributed by atoms with van der Waals surface area (Å²) < 4.78 is 0. The van der Waals surface area contributed by atoms with E-state index in [1.807, 2.05) is 18.2 Å². The summed E-state index contributed by atoms with van der Waals surface area (Å²) in [6.07, 6.45) is 2.06. The van der Waals surface area contributed by atoms with E-state index in [4.69, 9.17) is 23.2 Å². The van der Waals surface area contributed by atoms with Crippen molar-refractivity contribution in [3.8, 4) is 0 Å². The molecule has 0 radical (unpaired) electrons. The lowest BCUT2D eigenvalue weighted by molar-refractivity contribution is 0.543. The molecular weight excluding hydrogens is 229 g/mol. The number of hydrogen-bond donors (Lipinski definition) is 1. The van der Waals surface area contributed by atoms with Gasteiger partial charge in [-0.25, -0.2) is 0 Å². The summed E-state index contributed by atoms with van der Waals surface area (Å²) in [6, 6.07) is 6.22. The van der Waals surface area contributed by atoms with Crippen LogP contribution in [-0.4, -0.2) is 12.6 Å². The highest BCUT2D eigenvalue weighted by Gasteiger charge is 2.07. The maximum absolute atomic E-state index is 6.11. The van der Waals surface area contributed by atoms with Crippen molar-refractivity contribution in [3.05, 3.63) is 33.8 Å². The van der Waals surface area contributed by atoms with Gasteiger partial charge in [-0.2, -0.15) is 0 Å². The number of halogens is 2. The molecule has 0 aliphatic rings. The molecule has 0 saturated heterocycles. The zero-order valence-electron chi connectivity index (χ0n) is 9.19. The summed E-state index contributed by atoms with van der Waals surface area (Å²) in [7, 11) is 0. The van der Waals surface area contributed by atoms with Gasteiger partial charge in [0.2, 0.25) is 0 Å². The molecule has 84 valence electrons. The molecule has 1 atom stereocenters. The molecule has 1 aromatic rings. The van der Waals surface area contributed by atoms with Crippen molar-refractivity contribution in [3.63, 3.8) is 0 Å². The Kier molecular flexibility index (Phi) is 5.44. The topological polar surface area (TPSA) is 12.0 Å². The van der Waals surface area contributed by atoms with Crippen LogP contribution in [-0.2, 0) is 6.42 Å². The van der Waals surface area contributed by atoms with E-state index in [-0.39, 0.29) is 0 Å². The Bertz CT molecular complexity index is 312. The zero-order valence-corrected chi connectivity index (χ0v) is 10.7. The van der Waals surface area contributed by atoms with Crippen LogP contribution in [0.2, 0.25) is 10.0 Å². The van der Waals surface area contributed by atoms with Gasteiger partial charge in [0.1, 0.15) is 0 Å². The molecule has 1 aromatic carbocycles. The minimum atomic E-state index is 0.431. The first kappa shape index (κ1) is 12.8. The number of nitrogens with one attached hydrogen (secondary N) is 1. The largest absolute Gasteiger partial charge is 0.314 e. The molecule has 0 aromatic heterocycles. The molecule has 0 aliphatic carbocycles. The number of benzene rings is 1. The van der Waals surface area contributed by atoms with Crippen LogP contribution in [0.15, 0.2) is 18.2 Å². The quantitative estimate of drug-likeness (QED) is 0.830. The van der Waals surface area contributed by atoms with Gasteiger partial charge in [0, 0.05) is 6.04 Å². The molecule has 3 heteroatoms. The molecule has 0 bridgehead atoms. The standard InChI is InChI=1S/C12H17Cl2N/c1-3-7-15-9(2)8-10-5-4-6-11(13)12(10)14/h4-6,9,15H,3,7-8H2,1-2H3. The van der Waals surface area contributed by atoms with E-state index in [1.54, 1.807) is 0 Å². The van der Waals surface area contributed by atoms with Gasteiger partial charge in [-0.1, -0.05) is 42.3 Å². The summed E-state index contributed by atoms with van der Waals surface area (Å²) in [5.41, 5.74) is 1.11. The molecule has 0 saturated carbocycles. The second-order valence-electron chi connectivity index (χ2n) is 3.77. The van der Waals surface area contributed by atoms with Gasteiger partial charge in [0.15, 0.2) is 0 Å². The molecule has 0 amide bonds. The monoisotopic (exact) mass is 245 g/mol. The molecule has 0 aliphatic heterocycles. The second kappa shape index (κ2) is 6.37. The molecule has 0 heterocycles. The molecule has 1 rings (SSSR count). The Morgan fingerprint density at radius 2 is 2.07 bits per heavy atom. The van der Waals surface area contributed by atoms with Gasteiger partial charge < -0.3 is 5.32 Å². The van der Waals surface area contributed by atoms with E-state index >= 15 is 0 Å². The third kappa shape index (κ3) is 4.02. The van der Waals surface area contributed by atoms with Crippen LogP contribution >= 0.6 is 23.2 Å². The van der Waals surface area contributed by atoms with Gasteiger partial charge in [0.25, 0.3) is 0 Å². The Morgan fingerprint density at radius 3 is 2.73 bits per heavy atom. The highest BCUT2D eigenvalue weighted by molar-refractivity contribution is 6.42. The molecule has 15 heavy (non-hydrogen) atoms. The average Bonchev–Trinajstić information content (AvgIpc) is 2.22. The zero-order chi connectivity index (χ0) is 11.3. The van der Waals surface area contributed by atoms with E-state index in [0.717, 1.165) is 24.9 Å². The first-order valence-electron chi connectivity index (χ1n) is 5.31. The van der Waals surface area contributed by atoms with Crippen LogP contribution in [0, 0.1) is 0 Å². The van der Waals surface area contributed by atoms with Gasteiger partial charge in [0.05, 0.1) is 10.0 Å². The Labute approximate surface area is 102 Å².